The summed E-state index contributed by atoms with van der Waals surface area (Å²) in [6, 6.07) is 0. The number of furan rings is 1. The number of hydrogen-bond donors (Lipinski definition) is 1. The number of nitrogens with one attached hydrogen (secondary N) is 1. The molecule has 0 fully saturated rings. The van der Waals surface area contributed by atoms with Crippen molar-refractivity contribution in [3.05, 3.63) is 79.1 Å². The Morgan fingerprint density at radius 2 is 1.56 bits per heavy atom. The second-order valence-electron chi connectivity index (χ2n) is 14.3. The van der Waals surface area contributed by atoms with E-state index in [0.29, 0.717) is 5.41 Å². The van der Waals surface area contributed by atoms with Crippen LogP contribution >= 0.6 is 0 Å². The lowest BCUT2D eigenvalue weighted by molar-refractivity contribution is 0.242. The van der Waals surface area contributed by atoms with Gasteiger partial charge in [0.1, 0.15) is 5.76 Å². The van der Waals surface area contributed by atoms with Crippen LogP contribution in [0.2, 0.25) is 0 Å². The summed E-state index contributed by atoms with van der Waals surface area (Å²) in [6.07, 6.45) is 21.6. The quantitative estimate of drug-likeness (QED) is 0.131. The second-order valence-corrected chi connectivity index (χ2v) is 14.3. The van der Waals surface area contributed by atoms with Crippen LogP contribution in [0.4, 0.5) is 0 Å². The smallest absolute Gasteiger partial charge is 0.188 e. The van der Waals surface area contributed by atoms with Gasteiger partial charge >= 0.3 is 0 Å². The first-order valence-corrected chi connectivity index (χ1v) is 14.8. The van der Waals surface area contributed by atoms with Crippen molar-refractivity contribution < 1.29 is 4.42 Å². The summed E-state index contributed by atoms with van der Waals surface area (Å²) in [6.45, 7) is 30.2. The Morgan fingerprint density at radius 1 is 0.949 bits per heavy atom. The maximum absolute atomic E-state index is 6.17. The molecule has 1 aliphatic carbocycles. The summed E-state index contributed by atoms with van der Waals surface area (Å²) in [7, 11) is 2.23. The second kappa shape index (κ2) is 13.9. The average Bonchev–Trinajstić information content (AvgIpc) is 3.30. The van der Waals surface area contributed by atoms with Crippen LogP contribution < -0.4 is 10.8 Å². The first-order chi connectivity index (χ1) is 18.1. The van der Waals surface area contributed by atoms with Gasteiger partial charge in [0.2, 0.25) is 0 Å². The molecule has 0 atom stereocenters. The summed E-state index contributed by atoms with van der Waals surface area (Å²) in [5.41, 5.74) is 4.49. The summed E-state index contributed by atoms with van der Waals surface area (Å²) in [5, 5.41) is 3.35. The summed E-state index contributed by atoms with van der Waals surface area (Å²) >= 11 is 0. The van der Waals surface area contributed by atoms with Gasteiger partial charge in [0.15, 0.2) is 7.28 Å². The molecular weight excluding hydrogens is 475 g/mol. The van der Waals surface area contributed by atoms with E-state index in [1.165, 1.54) is 36.0 Å². The van der Waals surface area contributed by atoms with E-state index in [0.717, 1.165) is 38.1 Å². The predicted molar refractivity (Wildman–Crippen MR) is 173 cm³/mol. The summed E-state index contributed by atoms with van der Waals surface area (Å²) < 4.78 is 6.17. The number of allylic oxidation sites excluding steroid dienone is 3. The maximum Gasteiger partial charge on any atom is 0.188 e. The van der Waals surface area contributed by atoms with Crippen LogP contribution in [0.5, 0.6) is 0 Å². The van der Waals surface area contributed by atoms with Crippen LogP contribution in [0.15, 0.2) is 72.2 Å². The van der Waals surface area contributed by atoms with Crippen molar-refractivity contribution in [1.29, 1.82) is 0 Å². The van der Waals surface area contributed by atoms with Crippen molar-refractivity contribution in [3.8, 4) is 0 Å². The highest BCUT2D eigenvalue weighted by Gasteiger charge is 2.41. The Labute approximate surface area is 241 Å². The number of fused-ring (bicyclic) bond motifs is 1. The van der Waals surface area contributed by atoms with E-state index in [1.807, 2.05) is 18.4 Å². The first-order valence-electron chi connectivity index (χ1n) is 14.8. The molecule has 0 saturated carbocycles. The molecular formula is C35H56BN2O. The fraction of sp³-hybridized carbons (Fsp3) is 0.600. The minimum absolute atomic E-state index is 0.0827. The van der Waals surface area contributed by atoms with Crippen LogP contribution in [0, 0.1) is 10.8 Å². The third kappa shape index (κ3) is 10.1. The molecule has 1 aliphatic rings. The Balaban J connectivity index is 2.18. The average molecular weight is 532 g/mol. The third-order valence-corrected chi connectivity index (χ3v) is 8.33. The van der Waals surface area contributed by atoms with Crippen molar-refractivity contribution in [2.24, 2.45) is 10.8 Å². The monoisotopic (exact) mass is 531 g/mol. The molecule has 1 aromatic heterocycles. The summed E-state index contributed by atoms with van der Waals surface area (Å²) in [5.74, 6) is 3.37. The standard InChI is InChI=1S/C35H56BN2O/c1-12-16-32(4,5)18-19-33(6,7)17-14-24-38(25-15-23-37-22-13-2)28(3)26-36-29-27-39-31-30(29)34(8,9)20-21-35(31,10)11/h12-15,24-27,37H,1-2,16-23H2,3-11H3/b24-14+,25-15+,28-26-. The molecule has 0 spiro atoms. The number of hydrogen-bond acceptors (Lipinski definition) is 3. The highest BCUT2D eigenvalue weighted by atomic mass is 16.3. The highest BCUT2D eigenvalue weighted by Crippen LogP contribution is 2.45. The minimum Gasteiger partial charge on any atom is -0.469 e. The maximum atomic E-state index is 6.17. The normalized spacial score (nSPS) is 17.4. The van der Waals surface area contributed by atoms with E-state index in [4.69, 9.17) is 4.42 Å². The van der Waals surface area contributed by atoms with E-state index in [2.05, 4.69) is 123 Å². The number of nitrogens with zero attached hydrogens (tertiary/aromatic N) is 1. The first kappa shape index (κ1) is 33.0. The van der Waals surface area contributed by atoms with E-state index >= 15 is 0 Å². The van der Waals surface area contributed by atoms with E-state index in [1.54, 1.807) is 0 Å². The molecule has 0 unspecified atom stereocenters. The van der Waals surface area contributed by atoms with E-state index < -0.39 is 0 Å². The Bertz CT molecular complexity index is 1040. The molecule has 1 heterocycles. The fourth-order valence-corrected chi connectivity index (χ4v) is 5.33. The lowest BCUT2D eigenvalue weighted by Gasteiger charge is -2.38. The Kier molecular flexibility index (Phi) is 11.8. The van der Waals surface area contributed by atoms with Gasteiger partial charge in [-0.3, -0.25) is 0 Å². The molecule has 0 aliphatic heterocycles. The predicted octanol–water partition coefficient (Wildman–Crippen LogP) is 8.72. The molecule has 1 radical (unpaired) electrons. The molecule has 0 aromatic carbocycles. The third-order valence-electron chi connectivity index (χ3n) is 8.33. The van der Waals surface area contributed by atoms with Crippen molar-refractivity contribution in [2.45, 2.75) is 112 Å². The molecule has 3 nitrogen and oxygen atoms in total. The zero-order chi connectivity index (χ0) is 29.3. The van der Waals surface area contributed by atoms with Crippen LogP contribution in [0.25, 0.3) is 0 Å². The van der Waals surface area contributed by atoms with Crippen LogP contribution in [-0.4, -0.2) is 25.3 Å². The summed E-state index contributed by atoms with van der Waals surface area (Å²) in [4.78, 5) is 2.23. The van der Waals surface area contributed by atoms with Gasteiger partial charge in [0, 0.05) is 36.6 Å². The molecule has 0 amide bonds. The van der Waals surface area contributed by atoms with Gasteiger partial charge in [-0.1, -0.05) is 85.7 Å². The van der Waals surface area contributed by atoms with E-state index in [9.17, 15) is 0 Å². The van der Waals surface area contributed by atoms with Gasteiger partial charge in [0.05, 0.1) is 6.26 Å². The van der Waals surface area contributed by atoms with Gasteiger partial charge in [-0.05, 0) is 72.7 Å². The zero-order valence-electron chi connectivity index (χ0n) is 26.6. The lowest BCUT2D eigenvalue weighted by atomic mass is 9.59. The fourth-order valence-electron chi connectivity index (χ4n) is 5.33. The topological polar surface area (TPSA) is 28.4 Å². The zero-order valence-corrected chi connectivity index (χ0v) is 26.6. The molecule has 1 aromatic rings. The molecule has 1 N–H and O–H groups in total. The van der Waals surface area contributed by atoms with Crippen LogP contribution in [0.1, 0.15) is 112 Å². The molecule has 0 bridgehead atoms. The van der Waals surface area contributed by atoms with Gasteiger partial charge in [-0.2, -0.15) is 0 Å². The minimum atomic E-state index is 0.0827. The molecule has 4 heteroatoms. The Morgan fingerprint density at radius 3 is 2.21 bits per heavy atom. The van der Waals surface area contributed by atoms with Crippen molar-refractivity contribution in [1.82, 2.24) is 10.2 Å². The largest absolute Gasteiger partial charge is 0.469 e. The Hall–Kier alpha value is -2.20. The van der Waals surface area contributed by atoms with Crippen LogP contribution in [-0.2, 0) is 10.8 Å². The SMILES string of the molecule is C=CCNC/C=C/N(/C=C/CC(C)(C)CCC(C)(C)CC=C)/C(C)=C\[B]c1coc2c1C(C)(C)CCC2(C)C. The van der Waals surface area contributed by atoms with Crippen LogP contribution in [0.3, 0.4) is 0 Å². The van der Waals surface area contributed by atoms with E-state index in [-0.39, 0.29) is 16.2 Å². The van der Waals surface area contributed by atoms with Crippen molar-refractivity contribution in [2.75, 3.05) is 13.1 Å². The number of rotatable bonds is 16. The molecule has 215 valence electrons. The van der Waals surface area contributed by atoms with Gasteiger partial charge < -0.3 is 14.6 Å². The van der Waals surface area contributed by atoms with Gasteiger partial charge in [0.25, 0.3) is 0 Å². The molecule has 0 saturated heterocycles. The van der Waals surface area contributed by atoms with Gasteiger partial charge in [-0.25, -0.2) is 0 Å². The molecule has 39 heavy (non-hydrogen) atoms. The van der Waals surface area contributed by atoms with Gasteiger partial charge in [-0.15, -0.1) is 13.2 Å². The lowest BCUT2D eigenvalue weighted by Crippen LogP contribution is -2.37. The van der Waals surface area contributed by atoms with Crippen molar-refractivity contribution >= 4 is 12.7 Å². The molecule has 2 rings (SSSR count). The van der Waals surface area contributed by atoms with Crippen molar-refractivity contribution in [3.63, 3.8) is 0 Å². The highest BCUT2D eigenvalue weighted by molar-refractivity contribution is 6.59.